The van der Waals surface area contributed by atoms with Gasteiger partial charge in [-0.25, -0.2) is 0 Å². The maximum atomic E-state index is 5.67. The molecule has 0 unspecified atom stereocenters. The maximum Gasteiger partial charge on any atom is 0.226 e. The van der Waals surface area contributed by atoms with Gasteiger partial charge in [0.25, 0.3) is 0 Å². The Morgan fingerprint density at radius 1 is 1.05 bits per heavy atom. The van der Waals surface area contributed by atoms with E-state index in [9.17, 15) is 0 Å². The summed E-state index contributed by atoms with van der Waals surface area (Å²) in [6, 6.07) is 15.9. The first kappa shape index (κ1) is 11.9. The van der Waals surface area contributed by atoms with Crippen molar-refractivity contribution in [2.24, 2.45) is 0 Å². The molecule has 0 aliphatic heterocycles. The number of aromatic nitrogens is 2. The van der Waals surface area contributed by atoms with Crippen molar-refractivity contribution >= 4 is 11.5 Å². The summed E-state index contributed by atoms with van der Waals surface area (Å²) in [5.74, 6) is 0.660. The van der Waals surface area contributed by atoms with Gasteiger partial charge in [0.1, 0.15) is 6.61 Å². The number of rotatable bonds is 4. The number of ether oxygens (including phenoxy) is 1. The molecule has 3 nitrogen and oxygen atoms in total. The van der Waals surface area contributed by atoms with Crippen LogP contribution >= 0.6 is 11.5 Å². The van der Waals surface area contributed by atoms with Crippen LogP contribution in [0.4, 0.5) is 0 Å². The van der Waals surface area contributed by atoms with Crippen molar-refractivity contribution in [1.82, 2.24) is 9.36 Å². The van der Waals surface area contributed by atoms with Crippen molar-refractivity contribution in [2.75, 3.05) is 0 Å². The first-order valence-corrected chi connectivity index (χ1v) is 6.73. The van der Waals surface area contributed by atoms with Crippen LogP contribution in [0.25, 0.3) is 10.4 Å². The molecule has 0 spiro atoms. The third-order valence-corrected chi connectivity index (χ3v) is 3.49. The third-order valence-electron chi connectivity index (χ3n) is 2.66. The molecule has 19 heavy (non-hydrogen) atoms. The van der Waals surface area contributed by atoms with Crippen LogP contribution in [0.3, 0.4) is 0 Å². The highest BCUT2D eigenvalue weighted by Crippen LogP contribution is 2.27. The number of nitrogens with zero attached hydrogens (tertiary/aromatic N) is 2. The minimum Gasteiger partial charge on any atom is -0.472 e. The zero-order valence-corrected chi connectivity index (χ0v) is 11.0. The van der Waals surface area contributed by atoms with Crippen LogP contribution in [0.1, 0.15) is 5.56 Å². The van der Waals surface area contributed by atoms with Crippen LogP contribution in [-0.2, 0) is 6.61 Å². The summed E-state index contributed by atoms with van der Waals surface area (Å²) in [5.41, 5.74) is 2.20. The molecule has 0 amide bonds. The zero-order chi connectivity index (χ0) is 12.9. The minimum atomic E-state index is 0.539. The predicted octanol–water partition coefficient (Wildman–Crippen LogP) is 3.78. The molecule has 94 valence electrons. The highest BCUT2D eigenvalue weighted by atomic mass is 32.1. The van der Waals surface area contributed by atoms with E-state index >= 15 is 0 Å². The van der Waals surface area contributed by atoms with Crippen LogP contribution < -0.4 is 4.74 Å². The summed E-state index contributed by atoms with van der Waals surface area (Å²) in [5, 5.41) is 0. The van der Waals surface area contributed by atoms with Gasteiger partial charge in [-0.3, -0.25) is 4.98 Å². The highest BCUT2D eigenvalue weighted by Gasteiger charge is 2.05. The van der Waals surface area contributed by atoms with Crippen LogP contribution in [-0.4, -0.2) is 9.36 Å². The second-order valence-corrected chi connectivity index (χ2v) is 4.85. The Hall–Kier alpha value is -2.20. The fourth-order valence-electron chi connectivity index (χ4n) is 1.70. The molecule has 0 saturated heterocycles. The average molecular weight is 268 g/mol. The van der Waals surface area contributed by atoms with E-state index in [1.54, 1.807) is 6.20 Å². The van der Waals surface area contributed by atoms with Crippen LogP contribution in [0, 0.1) is 0 Å². The lowest BCUT2D eigenvalue weighted by molar-refractivity contribution is 0.297. The van der Waals surface area contributed by atoms with Gasteiger partial charge in [-0.1, -0.05) is 36.4 Å². The molecule has 2 aromatic heterocycles. The van der Waals surface area contributed by atoms with Crippen molar-refractivity contribution in [3.8, 4) is 16.3 Å². The Bertz CT molecular complexity index is 638. The van der Waals surface area contributed by atoms with Gasteiger partial charge in [0.2, 0.25) is 5.88 Å². The Morgan fingerprint density at radius 2 is 1.95 bits per heavy atom. The molecular weight excluding hydrogens is 256 g/mol. The number of hydrogen-bond acceptors (Lipinski definition) is 4. The average Bonchev–Trinajstić information content (AvgIpc) is 2.96. The second kappa shape index (κ2) is 5.63. The van der Waals surface area contributed by atoms with Crippen molar-refractivity contribution in [3.63, 3.8) is 0 Å². The van der Waals surface area contributed by atoms with E-state index in [1.807, 2.05) is 54.7 Å². The fraction of sp³-hybridized carbons (Fsp3) is 0.0667. The van der Waals surface area contributed by atoms with E-state index in [-0.39, 0.29) is 0 Å². The Kier molecular flexibility index (Phi) is 3.51. The molecule has 2 heterocycles. The van der Waals surface area contributed by atoms with E-state index in [0.717, 1.165) is 16.0 Å². The molecule has 0 aliphatic carbocycles. The third kappa shape index (κ3) is 2.98. The normalized spacial score (nSPS) is 10.3. The zero-order valence-electron chi connectivity index (χ0n) is 10.2. The molecule has 0 bridgehead atoms. The summed E-state index contributed by atoms with van der Waals surface area (Å²) in [7, 11) is 0. The summed E-state index contributed by atoms with van der Waals surface area (Å²) in [6.07, 6.45) is 3.59. The molecule has 3 aromatic rings. The largest absolute Gasteiger partial charge is 0.472 e. The van der Waals surface area contributed by atoms with E-state index in [4.69, 9.17) is 4.74 Å². The molecule has 0 aliphatic rings. The Balaban J connectivity index is 1.69. The number of benzene rings is 1. The van der Waals surface area contributed by atoms with Gasteiger partial charge in [-0.05, 0) is 23.2 Å². The van der Waals surface area contributed by atoms with Crippen LogP contribution in [0.5, 0.6) is 5.88 Å². The van der Waals surface area contributed by atoms with Gasteiger partial charge in [-0.2, -0.15) is 4.37 Å². The Morgan fingerprint density at radius 3 is 2.74 bits per heavy atom. The lowest BCUT2D eigenvalue weighted by Crippen LogP contribution is -1.94. The van der Waals surface area contributed by atoms with Crippen LogP contribution in [0.15, 0.2) is 60.9 Å². The SMILES string of the molecule is c1ccc(COc2cc(-c3cccnc3)sn2)cc1. The summed E-state index contributed by atoms with van der Waals surface area (Å²) >= 11 is 1.42. The van der Waals surface area contributed by atoms with E-state index in [1.165, 1.54) is 11.5 Å². The first-order chi connectivity index (χ1) is 9.42. The quantitative estimate of drug-likeness (QED) is 0.722. The molecule has 3 rings (SSSR count). The minimum absolute atomic E-state index is 0.539. The molecule has 0 fully saturated rings. The van der Waals surface area contributed by atoms with E-state index in [2.05, 4.69) is 9.36 Å². The van der Waals surface area contributed by atoms with Crippen molar-refractivity contribution in [3.05, 3.63) is 66.5 Å². The summed E-state index contributed by atoms with van der Waals surface area (Å²) in [4.78, 5) is 5.17. The number of hydrogen-bond donors (Lipinski definition) is 0. The fourth-order valence-corrected chi connectivity index (χ4v) is 2.38. The molecule has 0 saturated carbocycles. The van der Waals surface area contributed by atoms with Gasteiger partial charge in [0.05, 0.1) is 4.88 Å². The number of pyridine rings is 1. The summed E-state index contributed by atoms with van der Waals surface area (Å²) < 4.78 is 9.97. The smallest absolute Gasteiger partial charge is 0.226 e. The predicted molar refractivity (Wildman–Crippen MR) is 76.1 cm³/mol. The standard InChI is InChI=1S/C15H12N2OS/c1-2-5-12(6-3-1)11-18-15-9-14(19-17-15)13-7-4-8-16-10-13/h1-10H,11H2. The van der Waals surface area contributed by atoms with Gasteiger partial charge in [0.15, 0.2) is 0 Å². The van der Waals surface area contributed by atoms with Crippen molar-refractivity contribution < 1.29 is 4.74 Å². The van der Waals surface area contributed by atoms with Crippen molar-refractivity contribution in [2.45, 2.75) is 6.61 Å². The maximum absolute atomic E-state index is 5.67. The lowest BCUT2D eigenvalue weighted by atomic mass is 10.2. The molecule has 1 aromatic carbocycles. The molecule has 4 heteroatoms. The molecular formula is C15H12N2OS. The van der Waals surface area contributed by atoms with Gasteiger partial charge in [0, 0.05) is 24.0 Å². The molecule has 0 atom stereocenters. The Labute approximate surface area is 115 Å². The van der Waals surface area contributed by atoms with Crippen molar-refractivity contribution in [1.29, 1.82) is 0 Å². The van der Waals surface area contributed by atoms with E-state index < -0.39 is 0 Å². The lowest BCUT2D eigenvalue weighted by Gasteiger charge is -2.01. The van der Waals surface area contributed by atoms with Gasteiger partial charge >= 0.3 is 0 Å². The van der Waals surface area contributed by atoms with E-state index in [0.29, 0.717) is 12.5 Å². The molecule has 0 radical (unpaired) electrons. The van der Waals surface area contributed by atoms with Gasteiger partial charge < -0.3 is 4.74 Å². The van der Waals surface area contributed by atoms with Gasteiger partial charge in [-0.15, -0.1) is 0 Å². The topological polar surface area (TPSA) is 35.0 Å². The highest BCUT2D eigenvalue weighted by molar-refractivity contribution is 7.09. The molecule has 0 N–H and O–H groups in total. The summed E-state index contributed by atoms with van der Waals surface area (Å²) in [6.45, 7) is 0.539. The second-order valence-electron chi connectivity index (χ2n) is 4.05. The first-order valence-electron chi connectivity index (χ1n) is 5.96. The van der Waals surface area contributed by atoms with Crippen LogP contribution in [0.2, 0.25) is 0 Å². The monoisotopic (exact) mass is 268 g/mol.